The predicted octanol–water partition coefficient (Wildman–Crippen LogP) is 4.20. The second-order valence-corrected chi connectivity index (χ2v) is 5.69. The van der Waals surface area contributed by atoms with E-state index in [0.29, 0.717) is 5.41 Å². The summed E-state index contributed by atoms with van der Waals surface area (Å²) in [5.74, 6) is 0. The highest BCUT2D eigenvalue weighted by Gasteiger charge is 2.31. The number of benzene rings is 1. The number of ether oxygens (including phenoxy) is 1. The maximum atomic E-state index is 5.65. The summed E-state index contributed by atoms with van der Waals surface area (Å²) in [5.41, 5.74) is 1.85. The zero-order valence-corrected chi connectivity index (χ0v) is 11.9. The molecule has 1 aromatic carbocycles. The Hall–Kier alpha value is -0.340. The molecule has 0 N–H and O–H groups in total. The molecule has 1 atom stereocenters. The standard InChI is InChI=1S/C15H21BrO/c16-12-15(10-5-11-17-13-15)9-4-8-14-6-2-1-3-7-14/h1-3,6-7H,4-5,8-13H2. The molecule has 1 aliphatic rings. The molecular weight excluding hydrogens is 276 g/mol. The first kappa shape index (κ1) is 13.1. The Morgan fingerprint density at radius 1 is 1.24 bits per heavy atom. The van der Waals surface area contributed by atoms with Crippen LogP contribution in [0.5, 0.6) is 0 Å². The van der Waals surface area contributed by atoms with Crippen molar-refractivity contribution < 1.29 is 4.74 Å². The van der Waals surface area contributed by atoms with Gasteiger partial charge in [0.15, 0.2) is 0 Å². The van der Waals surface area contributed by atoms with Gasteiger partial charge in [-0.1, -0.05) is 46.3 Å². The van der Waals surface area contributed by atoms with Crippen LogP contribution in [0.2, 0.25) is 0 Å². The first-order chi connectivity index (χ1) is 8.35. The molecule has 1 aromatic rings. The van der Waals surface area contributed by atoms with Crippen molar-refractivity contribution in [1.29, 1.82) is 0 Å². The lowest BCUT2D eigenvalue weighted by atomic mass is 9.80. The van der Waals surface area contributed by atoms with Crippen molar-refractivity contribution >= 4 is 15.9 Å². The molecule has 1 saturated heterocycles. The summed E-state index contributed by atoms with van der Waals surface area (Å²) in [6, 6.07) is 10.8. The zero-order valence-electron chi connectivity index (χ0n) is 10.3. The van der Waals surface area contributed by atoms with Gasteiger partial charge < -0.3 is 4.74 Å². The van der Waals surface area contributed by atoms with Gasteiger partial charge in [-0.3, -0.25) is 0 Å². The first-order valence-corrected chi connectivity index (χ1v) is 7.64. The fourth-order valence-corrected chi connectivity index (χ4v) is 3.31. The number of hydrogen-bond acceptors (Lipinski definition) is 1. The van der Waals surface area contributed by atoms with E-state index < -0.39 is 0 Å². The molecule has 1 fully saturated rings. The lowest BCUT2D eigenvalue weighted by molar-refractivity contribution is 0.000576. The van der Waals surface area contributed by atoms with Gasteiger partial charge in [-0.05, 0) is 37.7 Å². The minimum Gasteiger partial charge on any atom is -0.381 e. The largest absolute Gasteiger partial charge is 0.381 e. The van der Waals surface area contributed by atoms with Crippen molar-refractivity contribution in [3.8, 4) is 0 Å². The second kappa shape index (κ2) is 6.55. The quantitative estimate of drug-likeness (QED) is 0.740. The van der Waals surface area contributed by atoms with E-state index in [1.165, 1.54) is 37.7 Å². The van der Waals surface area contributed by atoms with Crippen molar-refractivity contribution in [3.63, 3.8) is 0 Å². The van der Waals surface area contributed by atoms with E-state index in [4.69, 9.17) is 4.74 Å². The van der Waals surface area contributed by atoms with Crippen molar-refractivity contribution in [2.45, 2.75) is 32.1 Å². The third-order valence-corrected chi connectivity index (χ3v) is 4.89. The van der Waals surface area contributed by atoms with Crippen LogP contribution >= 0.6 is 15.9 Å². The number of alkyl halides is 1. The fourth-order valence-electron chi connectivity index (χ4n) is 2.59. The SMILES string of the molecule is BrCC1(CCCc2ccccc2)CCCOC1. The van der Waals surface area contributed by atoms with Gasteiger partial charge in [0.05, 0.1) is 6.61 Å². The van der Waals surface area contributed by atoms with Crippen LogP contribution in [0.3, 0.4) is 0 Å². The molecule has 1 aliphatic heterocycles. The fraction of sp³-hybridized carbons (Fsp3) is 0.600. The average Bonchev–Trinajstić information content (AvgIpc) is 2.41. The van der Waals surface area contributed by atoms with Crippen LogP contribution in [0, 0.1) is 5.41 Å². The smallest absolute Gasteiger partial charge is 0.0530 e. The molecular formula is C15H21BrO. The first-order valence-electron chi connectivity index (χ1n) is 6.52. The summed E-state index contributed by atoms with van der Waals surface area (Å²) < 4.78 is 5.65. The summed E-state index contributed by atoms with van der Waals surface area (Å²) in [6.45, 7) is 1.89. The second-order valence-electron chi connectivity index (χ2n) is 5.13. The van der Waals surface area contributed by atoms with Crippen molar-refractivity contribution in [2.75, 3.05) is 18.5 Å². The predicted molar refractivity (Wildman–Crippen MR) is 75.7 cm³/mol. The van der Waals surface area contributed by atoms with Crippen LogP contribution in [-0.4, -0.2) is 18.5 Å². The van der Waals surface area contributed by atoms with E-state index in [9.17, 15) is 0 Å². The number of halogens is 1. The van der Waals surface area contributed by atoms with Gasteiger partial charge in [-0.15, -0.1) is 0 Å². The molecule has 0 aliphatic carbocycles. The van der Waals surface area contributed by atoms with Gasteiger partial charge in [-0.25, -0.2) is 0 Å². The van der Waals surface area contributed by atoms with Crippen LogP contribution < -0.4 is 0 Å². The van der Waals surface area contributed by atoms with E-state index in [2.05, 4.69) is 46.3 Å². The molecule has 0 aromatic heterocycles. The molecule has 0 saturated carbocycles. The van der Waals surface area contributed by atoms with Crippen LogP contribution in [-0.2, 0) is 11.2 Å². The lowest BCUT2D eigenvalue weighted by Crippen LogP contribution is -2.33. The molecule has 0 radical (unpaired) electrons. The molecule has 94 valence electrons. The van der Waals surface area contributed by atoms with E-state index >= 15 is 0 Å². The van der Waals surface area contributed by atoms with Crippen molar-refractivity contribution in [2.24, 2.45) is 5.41 Å². The summed E-state index contributed by atoms with van der Waals surface area (Å²) in [4.78, 5) is 0. The van der Waals surface area contributed by atoms with Crippen LogP contribution in [0.25, 0.3) is 0 Å². The Balaban J connectivity index is 1.80. The van der Waals surface area contributed by atoms with Crippen LogP contribution in [0.1, 0.15) is 31.2 Å². The average molecular weight is 297 g/mol. The molecule has 2 rings (SSSR count). The molecule has 0 bridgehead atoms. The van der Waals surface area contributed by atoms with E-state index in [1.807, 2.05) is 0 Å². The lowest BCUT2D eigenvalue weighted by Gasteiger charge is -2.35. The maximum Gasteiger partial charge on any atom is 0.0530 e. The third-order valence-electron chi connectivity index (χ3n) is 3.70. The third kappa shape index (κ3) is 3.82. The topological polar surface area (TPSA) is 9.23 Å². The Bertz CT molecular complexity index is 317. The highest BCUT2D eigenvalue weighted by Crippen LogP contribution is 2.35. The molecule has 2 heteroatoms. The Kier molecular flexibility index (Phi) is 5.05. The van der Waals surface area contributed by atoms with Gasteiger partial charge in [-0.2, -0.15) is 0 Å². The van der Waals surface area contributed by atoms with Crippen molar-refractivity contribution in [3.05, 3.63) is 35.9 Å². The highest BCUT2D eigenvalue weighted by atomic mass is 79.9. The molecule has 17 heavy (non-hydrogen) atoms. The maximum absolute atomic E-state index is 5.65. The minimum absolute atomic E-state index is 0.396. The van der Waals surface area contributed by atoms with E-state index in [1.54, 1.807) is 0 Å². The van der Waals surface area contributed by atoms with Gasteiger partial charge in [0.1, 0.15) is 0 Å². The van der Waals surface area contributed by atoms with E-state index in [-0.39, 0.29) is 0 Å². The van der Waals surface area contributed by atoms with Crippen LogP contribution in [0.15, 0.2) is 30.3 Å². The normalized spacial score (nSPS) is 24.8. The molecule has 0 spiro atoms. The summed E-state index contributed by atoms with van der Waals surface area (Å²) >= 11 is 3.67. The van der Waals surface area contributed by atoms with Gasteiger partial charge in [0, 0.05) is 17.4 Å². The monoisotopic (exact) mass is 296 g/mol. The summed E-state index contributed by atoms with van der Waals surface area (Å²) in [5, 5.41) is 1.08. The molecule has 1 nitrogen and oxygen atoms in total. The van der Waals surface area contributed by atoms with Gasteiger partial charge in [0.25, 0.3) is 0 Å². The molecule has 0 amide bonds. The van der Waals surface area contributed by atoms with Gasteiger partial charge >= 0.3 is 0 Å². The molecule has 1 unspecified atom stereocenters. The zero-order chi connectivity index (χ0) is 12.0. The van der Waals surface area contributed by atoms with E-state index in [0.717, 1.165) is 18.5 Å². The summed E-state index contributed by atoms with van der Waals surface area (Å²) in [6.07, 6.45) is 6.26. The number of hydrogen-bond donors (Lipinski definition) is 0. The highest BCUT2D eigenvalue weighted by molar-refractivity contribution is 9.09. The van der Waals surface area contributed by atoms with Crippen LogP contribution in [0.4, 0.5) is 0 Å². The summed E-state index contributed by atoms with van der Waals surface area (Å²) in [7, 11) is 0. The van der Waals surface area contributed by atoms with Gasteiger partial charge in [0.2, 0.25) is 0 Å². The number of aryl methyl sites for hydroxylation is 1. The minimum atomic E-state index is 0.396. The molecule has 1 heterocycles. The Labute approximate surface area is 113 Å². The van der Waals surface area contributed by atoms with Crippen molar-refractivity contribution in [1.82, 2.24) is 0 Å². The number of rotatable bonds is 5. The Morgan fingerprint density at radius 3 is 2.71 bits per heavy atom. The Morgan fingerprint density at radius 2 is 2.06 bits per heavy atom.